The van der Waals surface area contributed by atoms with Crippen LogP contribution in [0.4, 0.5) is 10.8 Å². The fourth-order valence-corrected chi connectivity index (χ4v) is 2.51. The number of aliphatic imine (C=N–C) groups is 1. The maximum Gasteiger partial charge on any atom is 0.230 e. The Bertz CT molecular complexity index is 707. The standard InChI is InChI=1S/C14H17N5O2S/c1-8-5-10(21-2)3-4-11(8)18-12(20)6-9-7-22-14(17-9)19-13(15)16/h3-5,7H,6H2,1-2H3,(H,18,20)(H4,15,16,17,19). The molecule has 2 rings (SSSR count). The Morgan fingerprint density at radius 1 is 1.45 bits per heavy atom. The van der Waals surface area contributed by atoms with Crippen LogP contribution >= 0.6 is 11.3 Å². The number of benzene rings is 1. The summed E-state index contributed by atoms with van der Waals surface area (Å²) in [6, 6.07) is 5.45. The number of guanidine groups is 1. The molecule has 0 fully saturated rings. The monoisotopic (exact) mass is 319 g/mol. The van der Waals surface area contributed by atoms with Crippen molar-refractivity contribution in [3.8, 4) is 5.75 Å². The van der Waals surface area contributed by atoms with Gasteiger partial charge in [0, 0.05) is 11.1 Å². The SMILES string of the molecule is COc1ccc(NC(=O)Cc2csc(N=C(N)N)n2)c(C)c1. The molecule has 1 aromatic heterocycles. The van der Waals surface area contributed by atoms with E-state index in [-0.39, 0.29) is 18.3 Å². The number of nitrogens with zero attached hydrogens (tertiary/aromatic N) is 2. The van der Waals surface area contributed by atoms with E-state index in [0.717, 1.165) is 17.0 Å². The van der Waals surface area contributed by atoms with Gasteiger partial charge in [0.1, 0.15) is 5.75 Å². The van der Waals surface area contributed by atoms with Crippen LogP contribution in [0.1, 0.15) is 11.3 Å². The molecule has 8 heteroatoms. The summed E-state index contributed by atoms with van der Waals surface area (Å²) >= 11 is 1.28. The highest BCUT2D eigenvalue weighted by atomic mass is 32.1. The number of aromatic nitrogens is 1. The Kier molecular flexibility index (Phi) is 4.95. The van der Waals surface area contributed by atoms with Crippen LogP contribution in [0.5, 0.6) is 5.75 Å². The van der Waals surface area contributed by atoms with E-state index >= 15 is 0 Å². The second-order valence-corrected chi connectivity index (χ2v) is 5.40. The van der Waals surface area contributed by atoms with E-state index in [1.54, 1.807) is 24.6 Å². The molecular formula is C14H17N5O2S. The Morgan fingerprint density at radius 2 is 2.23 bits per heavy atom. The van der Waals surface area contributed by atoms with Crippen LogP contribution in [0.2, 0.25) is 0 Å². The quantitative estimate of drug-likeness (QED) is 0.571. The second-order valence-electron chi connectivity index (χ2n) is 4.56. The number of thiazole rings is 1. The predicted octanol–water partition coefficient (Wildman–Crippen LogP) is 1.55. The lowest BCUT2D eigenvalue weighted by Crippen LogP contribution is -2.21. The third-order valence-corrected chi connectivity index (χ3v) is 3.60. The summed E-state index contributed by atoms with van der Waals surface area (Å²) in [4.78, 5) is 20.1. The highest BCUT2D eigenvalue weighted by molar-refractivity contribution is 7.13. The lowest BCUT2D eigenvalue weighted by atomic mass is 10.2. The molecule has 2 aromatic rings. The zero-order valence-corrected chi connectivity index (χ0v) is 13.1. The number of hydrogen-bond donors (Lipinski definition) is 3. The van der Waals surface area contributed by atoms with Crippen molar-refractivity contribution in [2.24, 2.45) is 16.5 Å². The first-order valence-electron chi connectivity index (χ1n) is 6.46. The molecule has 116 valence electrons. The largest absolute Gasteiger partial charge is 0.497 e. The second kappa shape index (κ2) is 6.90. The molecule has 1 heterocycles. The first kappa shape index (κ1) is 15.8. The number of aryl methyl sites for hydroxylation is 1. The van der Waals surface area contributed by atoms with Gasteiger partial charge in [-0.05, 0) is 30.7 Å². The Labute approximate surface area is 132 Å². The number of rotatable bonds is 5. The van der Waals surface area contributed by atoms with Gasteiger partial charge in [0.25, 0.3) is 0 Å². The van der Waals surface area contributed by atoms with Crippen molar-refractivity contribution in [1.82, 2.24) is 4.98 Å². The summed E-state index contributed by atoms with van der Waals surface area (Å²) in [6.45, 7) is 1.90. The van der Waals surface area contributed by atoms with E-state index in [2.05, 4.69) is 15.3 Å². The number of methoxy groups -OCH3 is 1. The summed E-state index contributed by atoms with van der Waals surface area (Å²) in [7, 11) is 1.60. The minimum Gasteiger partial charge on any atom is -0.497 e. The van der Waals surface area contributed by atoms with Gasteiger partial charge in [-0.25, -0.2) is 4.98 Å². The fraction of sp³-hybridized carbons (Fsp3) is 0.214. The van der Waals surface area contributed by atoms with E-state index in [9.17, 15) is 4.79 Å². The highest BCUT2D eigenvalue weighted by Crippen LogP contribution is 2.22. The van der Waals surface area contributed by atoms with Gasteiger partial charge in [-0.2, -0.15) is 4.99 Å². The number of ether oxygens (including phenoxy) is 1. The number of nitrogens with one attached hydrogen (secondary N) is 1. The molecule has 0 aliphatic carbocycles. The van der Waals surface area contributed by atoms with Crippen LogP contribution in [-0.4, -0.2) is 24.0 Å². The topological polar surface area (TPSA) is 116 Å². The molecule has 22 heavy (non-hydrogen) atoms. The zero-order chi connectivity index (χ0) is 16.1. The van der Waals surface area contributed by atoms with Crippen molar-refractivity contribution in [2.45, 2.75) is 13.3 Å². The van der Waals surface area contributed by atoms with Crippen molar-refractivity contribution < 1.29 is 9.53 Å². The smallest absolute Gasteiger partial charge is 0.230 e. The van der Waals surface area contributed by atoms with Crippen LogP contribution in [0, 0.1) is 6.92 Å². The van der Waals surface area contributed by atoms with Gasteiger partial charge in [-0.3, -0.25) is 4.79 Å². The first-order valence-corrected chi connectivity index (χ1v) is 7.34. The molecule has 7 nitrogen and oxygen atoms in total. The molecular weight excluding hydrogens is 302 g/mol. The molecule has 1 amide bonds. The number of amides is 1. The summed E-state index contributed by atoms with van der Waals surface area (Å²) < 4.78 is 5.13. The Balaban J connectivity index is 2.01. The summed E-state index contributed by atoms with van der Waals surface area (Å²) in [5.41, 5.74) is 12.8. The van der Waals surface area contributed by atoms with Gasteiger partial charge >= 0.3 is 0 Å². The third-order valence-electron chi connectivity index (χ3n) is 2.81. The summed E-state index contributed by atoms with van der Waals surface area (Å²) in [5, 5.41) is 5.03. The molecule has 0 saturated heterocycles. The summed E-state index contributed by atoms with van der Waals surface area (Å²) in [6.07, 6.45) is 0.155. The molecule has 1 aromatic carbocycles. The molecule has 0 unspecified atom stereocenters. The molecule has 0 saturated carbocycles. The molecule has 0 radical (unpaired) electrons. The maximum absolute atomic E-state index is 12.1. The average molecular weight is 319 g/mol. The molecule has 0 aliphatic rings. The van der Waals surface area contributed by atoms with E-state index in [0.29, 0.717) is 10.8 Å². The lowest BCUT2D eigenvalue weighted by Gasteiger charge is -2.09. The van der Waals surface area contributed by atoms with Crippen molar-refractivity contribution in [3.05, 3.63) is 34.8 Å². The van der Waals surface area contributed by atoms with Crippen LogP contribution < -0.4 is 21.5 Å². The van der Waals surface area contributed by atoms with E-state index in [4.69, 9.17) is 16.2 Å². The van der Waals surface area contributed by atoms with E-state index < -0.39 is 0 Å². The first-order chi connectivity index (χ1) is 10.5. The molecule has 0 aliphatic heterocycles. The van der Waals surface area contributed by atoms with Gasteiger partial charge in [0.15, 0.2) is 5.96 Å². The highest BCUT2D eigenvalue weighted by Gasteiger charge is 2.09. The molecule has 0 atom stereocenters. The van der Waals surface area contributed by atoms with Crippen molar-refractivity contribution in [1.29, 1.82) is 0 Å². The third kappa shape index (κ3) is 4.19. The van der Waals surface area contributed by atoms with E-state index in [1.807, 2.05) is 13.0 Å². The predicted molar refractivity (Wildman–Crippen MR) is 87.6 cm³/mol. The van der Waals surface area contributed by atoms with Crippen molar-refractivity contribution >= 4 is 34.0 Å². The fourth-order valence-electron chi connectivity index (χ4n) is 1.80. The zero-order valence-electron chi connectivity index (χ0n) is 12.3. The average Bonchev–Trinajstić information content (AvgIpc) is 2.87. The van der Waals surface area contributed by atoms with Gasteiger partial charge in [0.05, 0.1) is 19.2 Å². The number of carbonyl (C=O) groups excluding carboxylic acids is 1. The summed E-state index contributed by atoms with van der Waals surface area (Å²) in [5.74, 6) is 0.533. The van der Waals surface area contributed by atoms with Crippen LogP contribution in [-0.2, 0) is 11.2 Å². The Morgan fingerprint density at radius 3 is 2.86 bits per heavy atom. The van der Waals surface area contributed by atoms with Gasteiger partial charge < -0.3 is 21.5 Å². The number of hydrogen-bond acceptors (Lipinski definition) is 5. The number of carbonyl (C=O) groups is 1. The molecule has 0 spiro atoms. The van der Waals surface area contributed by atoms with Crippen molar-refractivity contribution in [2.75, 3.05) is 12.4 Å². The van der Waals surface area contributed by atoms with Crippen LogP contribution in [0.3, 0.4) is 0 Å². The van der Waals surface area contributed by atoms with E-state index in [1.165, 1.54) is 11.3 Å². The van der Waals surface area contributed by atoms with Crippen molar-refractivity contribution in [3.63, 3.8) is 0 Å². The van der Waals surface area contributed by atoms with Crippen LogP contribution in [0.15, 0.2) is 28.6 Å². The normalized spacial score (nSPS) is 10.1. The minimum atomic E-state index is -0.158. The molecule has 5 N–H and O–H groups in total. The van der Waals surface area contributed by atoms with Crippen LogP contribution in [0.25, 0.3) is 0 Å². The maximum atomic E-state index is 12.1. The number of anilines is 1. The lowest BCUT2D eigenvalue weighted by molar-refractivity contribution is -0.115. The van der Waals surface area contributed by atoms with Gasteiger partial charge in [-0.1, -0.05) is 0 Å². The Hall–Kier alpha value is -2.61. The van der Waals surface area contributed by atoms with Gasteiger partial charge in [-0.15, -0.1) is 11.3 Å². The molecule has 0 bridgehead atoms. The minimum absolute atomic E-state index is 0.0563. The number of nitrogens with two attached hydrogens (primary N) is 2. The van der Waals surface area contributed by atoms with Gasteiger partial charge in [0.2, 0.25) is 11.0 Å².